The molecule has 0 saturated heterocycles. The number of anilines is 1. The van der Waals surface area contributed by atoms with Crippen molar-refractivity contribution in [3.8, 4) is 11.5 Å². The molecule has 18 heavy (non-hydrogen) atoms. The summed E-state index contributed by atoms with van der Waals surface area (Å²) in [5, 5.41) is 3.81. The van der Waals surface area contributed by atoms with E-state index >= 15 is 0 Å². The van der Waals surface area contributed by atoms with Crippen LogP contribution >= 0.6 is 11.6 Å². The fourth-order valence-corrected chi connectivity index (χ4v) is 1.90. The van der Waals surface area contributed by atoms with Gasteiger partial charge in [0, 0.05) is 31.1 Å². The zero-order valence-electron chi connectivity index (χ0n) is 10.3. The highest BCUT2D eigenvalue weighted by molar-refractivity contribution is 6.32. The second-order valence-corrected chi connectivity index (χ2v) is 4.17. The Balaban J connectivity index is 2.19. The topological polar surface area (TPSA) is 46.3 Å². The van der Waals surface area contributed by atoms with Crippen molar-refractivity contribution in [2.75, 3.05) is 19.5 Å². The van der Waals surface area contributed by atoms with Crippen molar-refractivity contribution < 1.29 is 9.47 Å². The second kappa shape index (κ2) is 5.69. The smallest absolute Gasteiger partial charge is 0.143 e. The minimum Gasteiger partial charge on any atom is -0.495 e. The molecule has 1 aromatic heterocycles. The molecule has 2 aromatic rings. The molecule has 0 fully saturated rings. The van der Waals surface area contributed by atoms with Crippen LogP contribution in [0.15, 0.2) is 30.6 Å². The molecule has 2 N–H and O–H groups in total. The number of nitrogens with one attached hydrogen (secondary N) is 2. The van der Waals surface area contributed by atoms with Crippen molar-refractivity contribution in [1.82, 2.24) is 4.98 Å². The fourth-order valence-electron chi connectivity index (χ4n) is 1.66. The normalized spacial score (nSPS) is 10.2. The maximum absolute atomic E-state index is 6.04. The van der Waals surface area contributed by atoms with Crippen LogP contribution in [-0.2, 0) is 6.54 Å². The summed E-state index contributed by atoms with van der Waals surface area (Å²) in [5.41, 5.74) is 2.01. The quantitative estimate of drug-likeness (QED) is 0.873. The highest BCUT2D eigenvalue weighted by Crippen LogP contribution is 2.35. The standard InChI is InChI=1S/C13H15ClN2O2/c1-17-12-6-11(13(18-2)5-10(12)14)16-8-9-3-4-15-7-9/h3-7,15-16H,8H2,1-2H3. The van der Waals surface area contributed by atoms with Gasteiger partial charge in [-0.15, -0.1) is 0 Å². The Kier molecular flexibility index (Phi) is 3.99. The van der Waals surface area contributed by atoms with E-state index in [-0.39, 0.29) is 0 Å². The monoisotopic (exact) mass is 266 g/mol. The molecule has 0 aliphatic rings. The molecule has 2 rings (SSSR count). The number of hydrogen-bond acceptors (Lipinski definition) is 3. The predicted octanol–water partition coefficient (Wildman–Crippen LogP) is 3.30. The molecule has 1 heterocycles. The van der Waals surface area contributed by atoms with Crippen LogP contribution in [0, 0.1) is 0 Å². The molecule has 0 atom stereocenters. The first-order valence-electron chi connectivity index (χ1n) is 5.51. The molecule has 0 unspecified atom stereocenters. The van der Waals surface area contributed by atoms with Crippen LogP contribution in [0.2, 0.25) is 5.02 Å². The van der Waals surface area contributed by atoms with Gasteiger partial charge >= 0.3 is 0 Å². The molecule has 0 bridgehead atoms. The Labute approximate surface area is 111 Å². The summed E-state index contributed by atoms with van der Waals surface area (Å²) >= 11 is 6.04. The molecule has 0 aliphatic heterocycles. The van der Waals surface area contributed by atoms with Crippen LogP contribution in [0.5, 0.6) is 11.5 Å². The number of rotatable bonds is 5. The van der Waals surface area contributed by atoms with E-state index in [0.29, 0.717) is 23.1 Å². The Morgan fingerprint density at radius 3 is 2.61 bits per heavy atom. The zero-order chi connectivity index (χ0) is 13.0. The number of aromatic amines is 1. The maximum Gasteiger partial charge on any atom is 0.143 e. The van der Waals surface area contributed by atoms with Crippen molar-refractivity contribution in [2.24, 2.45) is 0 Å². The molecule has 0 radical (unpaired) electrons. The van der Waals surface area contributed by atoms with Crippen LogP contribution in [0.1, 0.15) is 5.56 Å². The summed E-state index contributed by atoms with van der Waals surface area (Å²) in [7, 11) is 3.20. The second-order valence-electron chi connectivity index (χ2n) is 3.76. The Morgan fingerprint density at radius 2 is 2.00 bits per heavy atom. The summed E-state index contributed by atoms with van der Waals surface area (Å²) in [6.07, 6.45) is 3.82. The van der Waals surface area contributed by atoms with Crippen LogP contribution in [-0.4, -0.2) is 19.2 Å². The third-order valence-corrected chi connectivity index (χ3v) is 2.91. The van der Waals surface area contributed by atoms with Gasteiger partial charge in [-0.1, -0.05) is 11.6 Å². The van der Waals surface area contributed by atoms with Gasteiger partial charge in [-0.2, -0.15) is 0 Å². The lowest BCUT2D eigenvalue weighted by Crippen LogP contribution is -2.01. The molecule has 0 amide bonds. The van der Waals surface area contributed by atoms with Gasteiger partial charge in [-0.25, -0.2) is 0 Å². The average Bonchev–Trinajstić information content (AvgIpc) is 2.90. The third kappa shape index (κ3) is 2.71. The van der Waals surface area contributed by atoms with Gasteiger partial charge in [0.1, 0.15) is 11.5 Å². The first kappa shape index (κ1) is 12.6. The van der Waals surface area contributed by atoms with E-state index in [0.717, 1.165) is 11.3 Å². The van der Waals surface area contributed by atoms with Crippen molar-refractivity contribution in [2.45, 2.75) is 6.54 Å². The molecule has 4 nitrogen and oxygen atoms in total. The lowest BCUT2D eigenvalue weighted by molar-refractivity contribution is 0.404. The molecule has 96 valence electrons. The van der Waals surface area contributed by atoms with E-state index in [2.05, 4.69) is 10.3 Å². The molecular formula is C13H15ClN2O2. The minimum absolute atomic E-state index is 0.529. The molecule has 0 aliphatic carbocycles. The van der Waals surface area contributed by atoms with E-state index < -0.39 is 0 Å². The number of benzene rings is 1. The molecule has 0 saturated carbocycles. The first-order chi connectivity index (χ1) is 8.74. The fraction of sp³-hybridized carbons (Fsp3) is 0.231. The Hall–Kier alpha value is -1.81. The van der Waals surface area contributed by atoms with Crippen LogP contribution in [0.3, 0.4) is 0 Å². The van der Waals surface area contributed by atoms with E-state index in [4.69, 9.17) is 21.1 Å². The van der Waals surface area contributed by atoms with Gasteiger partial charge in [-0.3, -0.25) is 0 Å². The summed E-state index contributed by atoms with van der Waals surface area (Å²) < 4.78 is 10.5. The summed E-state index contributed by atoms with van der Waals surface area (Å²) in [6.45, 7) is 0.699. The largest absolute Gasteiger partial charge is 0.495 e. The van der Waals surface area contributed by atoms with Crippen LogP contribution in [0.4, 0.5) is 5.69 Å². The number of halogens is 1. The highest BCUT2D eigenvalue weighted by Gasteiger charge is 2.09. The van der Waals surface area contributed by atoms with Crippen LogP contribution in [0.25, 0.3) is 0 Å². The summed E-state index contributed by atoms with van der Waals surface area (Å²) in [4.78, 5) is 3.01. The van der Waals surface area contributed by atoms with Crippen LogP contribution < -0.4 is 14.8 Å². The molecule has 5 heteroatoms. The van der Waals surface area contributed by atoms with Gasteiger partial charge in [0.15, 0.2) is 0 Å². The number of ether oxygens (including phenoxy) is 2. The van der Waals surface area contributed by atoms with Gasteiger partial charge in [0.25, 0.3) is 0 Å². The average molecular weight is 267 g/mol. The number of H-pyrrole nitrogens is 1. The van der Waals surface area contributed by atoms with Gasteiger partial charge in [0.05, 0.1) is 24.9 Å². The third-order valence-electron chi connectivity index (χ3n) is 2.62. The zero-order valence-corrected chi connectivity index (χ0v) is 11.0. The van der Waals surface area contributed by atoms with Gasteiger partial charge in [-0.05, 0) is 11.6 Å². The van der Waals surface area contributed by atoms with Gasteiger partial charge in [0.2, 0.25) is 0 Å². The lowest BCUT2D eigenvalue weighted by Gasteiger charge is -2.13. The van der Waals surface area contributed by atoms with Crippen molar-refractivity contribution in [3.63, 3.8) is 0 Å². The number of hydrogen-bond donors (Lipinski definition) is 2. The molecule has 0 spiro atoms. The molecule has 1 aromatic carbocycles. The first-order valence-corrected chi connectivity index (χ1v) is 5.89. The summed E-state index contributed by atoms with van der Waals surface area (Å²) in [5.74, 6) is 1.31. The minimum atomic E-state index is 0.529. The summed E-state index contributed by atoms with van der Waals surface area (Å²) in [6, 6.07) is 5.57. The Bertz CT molecular complexity index is 512. The van der Waals surface area contributed by atoms with E-state index in [1.807, 2.05) is 24.5 Å². The van der Waals surface area contributed by atoms with Crippen molar-refractivity contribution >= 4 is 17.3 Å². The molecular weight excluding hydrogens is 252 g/mol. The van der Waals surface area contributed by atoms with Crippen molar-refractivity contribution in [3.05, 3.63) is 41.2 Å². The van der Waals surface area contributed by atoms with Gasteiger partial charge < -0.3 is 19.8 Å². The van der Waals surface area contributed by atoms with E-state index in [1.165, 1.54) is 0 Å². The predicted molar refractivity (Wildman–Crippen MR) is 72.7 cm³/mol. The number of aromatic nitrogens is 1. The number of methoxy groups -OCH3 is 2. The highest BCUT2D eigenvalue weighted by atomic mass is 35.5. The lowest BCUT2D eigenvalue weighted by atomic mass is 10.2. The van der Waals surface area contributed by atoms with E-state index in [9.17, 15) is 0 Å². The Morgan fingerprint density at radius 1 is 1.22 bits per heavy atom. The maximum atomic E-state index is 6.04. The van der Waals surface area contributed by atoms with E-state index in [1.54, 1.807) is 20.3 Å². The van der Waals surface area contributed by atoms with Crippen molar-refractivity contribution in [1.29, 1.82) is 0 Å². The SMILES string of the molecule is COc1cc(NCc2cc[nH]c2)c(OC)cc1Cl.